The number of nitrogens with one attached hydrogen (secondary N) is 1. The van der Waals surface area contributed by atoms with Crippen LogP contribution in [0.5, 0.6) is 11.5 Å². The number of phenols is 1. The molecule has 0 spiro atoms. The van der Waals surface area contributed by atoms with Crippen LogP contribution >= 0.6 is 7.82 Å². The predicted octanol–water partition coefficient (Wildman–Crippen LogP) is 3.58. The molecule has 1 fully saturated rings. The molecule has 53 heavy (non-hydrogen) atoms. The summed E-state index contributed by atoms with van der Waals surface area (Å²) in [6, 6.07) is 9.90. The quantitative estimate of drug-likeness (QED) is 0.0522. The van der Waals surface area contributed by atoms with Crippen LogP contribution in [-0.4, -0.2) is 77.9 Å². The first-order chi connectivity index (χ1) is 25.3. The van der Waals surface area contributed by atoms with Crippen LogP contribution in [0, 0.1) is 0 Å². The number of unbranched alkanes of at least 4 members (excludes halogenated alkanes) is 1. The zero-order valence-electron chi connectivity index (χ0n) is 29.3. The third kappa shape index (κ3) is 10.5. The van der Waals surface area contributed by atoms with Crippen molar-refractivity contribution in [1.29, 1.82) is 0 Å². The molecule has 1 aliphatic rings. The second kappa shape index (κ2) is 17.6. The Morgan fingerprint density at radius 1 is 0.981 bits per heavy atom. The summed E-state index contributed by atoms with van der Waals surface area (Å²) in [6.07, 6.45) is 3.95. The first-order valence-electron chi connectivity index (χ1n) is 17.4. The van der Waals surface area contributed by atoms with Gasteiger partial charge in [-0.1, -0.05) is 25.5 Å². The summed E-state index contributed by atoms with van der Waals surface area (Å²) in [6.45, 7) is 3.41. The van der Waals surface area contributed by atoms with Gasteiger partial charge in [0, 0.05) is 56.4 Å². The molecule has 4 aromatic rings. The van der Waals surface area contributed by atoms with Crippen molar-refractivity contribution in [3.8, 4) is 11.5 Å². The second-order valence-corrected chi connectivity index (χ2v) is 13.8. The Labute approximate surface area is 304 Å². The summed E-state index contributed by atoms with van der Waals surface area (Å²) >= 11 is 0. The van der Waals surface area contributed by atoms with Crippen molar-refractivity contribution in [1.82, 2.24) is 24.9 Å². The van der Waals surface area contributed by atoms with E-state index in [1.165, 1.54) is 18.2 Å². The number of carbonyl (C=O) groups excluding carboxylic acids is 4. The highest BCUT2D eigenvalue weighted by Gasteiger charge is 2.33. The number of phosphoric acid groups is 1. The predicted molar refractivity (Wildman–Crippen MR) is 191 cm³/mol. The molecule has 2 aromatic carbocycles. The number of imide groups is 1. The average molecular weight is 755 g/mol. The number of pyridine rings is 1. The summed E-state index contributed by atoms with van der Waals surface area (Å²) in [4.78, 5) is 80.1. The van der Waals surface area contributed by atoms with Gasteiger partial charge in [0.25, 0.3) is 11.8 Å². The minimum atomic E-state index is -4.87. The normalized spacial score (nSPS) is 13.3. The zero-order chi connectivity index (χ0) is 38.1. The highest BCUT2D eigenvalue weighted by Crippen LogP contribution is 2.41. The number of ether oxygens (including phenoxy) is 1. The molecule has 284 valence electrons. The SMILES string of the molecule is CCCCc1nc2c(N)nc3cc(CCCOCCCNC(=O)CCC(=O)ON4C(=O)CCC4=O)ccc3c2n1Cc1cc(O)ccc1OP(=O)(O)O. The monoisotopic (exact) mass is 754 g/mol. The van der Waals surface area contributed by atoms with E-state index in [-0.39, 0.29) is 55.5 Å². The smallest absolute Gasteiger partial charge is 0.508 e. The molecule has 0 aliphatic carbocycles. The van der Waals surface area contributed by atoms with Crippen molar-refractivity contribution in [3.05, 3.63) is 53.3 Å². The number of hydrogen-bond acceptors (Lipinski definition) is 12. The van der Waals surface area contributed by atoms with Gasteiger partial charge in [-0.2, -0.15) is 0 Å². The maximum Gasteiger partial charge on any atom is 0.524 e. The van der Waals surface area contributed by atoms with Crippen LogP contribution in [0.2, 0.25) is 0 Å². The van der Waals surface area contributed by atoms with Gasteiger partial charge in [0.15, 0.2) is 5.82 Å². The van der Waals surface area contributed by atoms with Crippen molar-refractivity contribution < 1.29 is 52.7 Å². The number of phosphoric ester groups is 1. The molecule has 18 heteroatoms. The maximum absolute atomic E-state index is 12.0. The number of nitrogens with two attached hydrogens (primary N) is 1. The van der Waals surface area contributed by atoms with Gasteiger partial charge in [-0.25, -0.2) is 19.3 Å². The molecule has 17 nitrogen and oxygen atoms in total. The number of aromatic nitrogens is 3. The number of nitrogens with zero attached hydrogens (tertiary/aromatic N) is 4. The molecule has 2 aromatic heterocycles. The molecule has 6 N–H and O–H groups in total. The molecule has 0 bridgehead atoms. The van der Waals surface area contributed by atoms with Crippen LogP contribution in [0.4, 0.5) is 5.82 Å². The number of aromatic hydroxyl groups is 1. The lowest BCUT2D eigenvalue weighted by Crippen LogP contribution is -2.32. The minimum Gasteiger partial charge on any atom is -0.508 e. The number of rotatable bonds is 19. The Hall–Kier alpha value is -5.09. The van der Waals surface area contributed by atoms with E-state index in [1.54, 1.807) is 0 Å². The molecule has 0 radical (unpaired) electrons. The Balaban J connectivity index is 1.15. The van der Waals surface area contributed by atoms with Crippen molar-refractivity contribution >= 4 is 59.3 Å². The first-order valence-corrected chi connectivity index (χ1v) is 18.9. The molecular formula is C35H43N6O11P. The summed E-state index contributed by atoms with van der Waals surface area (Å²) in [5.74, 6) is -1.53. The van der Waals surface area contributed by atoms with Crippen LogP contribution < -0.4 is 15.6 Å². The number of hydrogen-bond donors (Lipinski definition) is 5. The lowest BCUT2D eigenvalue weighted by Gasteiger charge is -2.16. The van der Waals surface area contributed by atoms with Gasteiger partial charge in [-0.3, -0.25) is 24.2 Å². The number of benzene rings is 2. The lowest BCUT2D eigenvalue weighted by molar-refractivity contribution is -0.197. The average Bonchev–Trinajstić information content (AvgIpc) is 3.63. The Bertz CT molecular complexity index is 2030. The maximum atomic E-state index is 12.0. The van der Waals surface area contributed by atoms with Crippen molar-refractivity contribution in [2.45, 2.75) is 77.7 Å². The van der Waals surface area contributed by atoms with Gasteiger partial charge < -0.3 is 34.8 Å². The summed E-state index contributed by atoms with van der Waals surface area (Å²) < 4.78 is 24.3. The van der Waals surface area contributed by atoms with E-state index in [1.807, 2.05) is 22.8 Å². The fourth-order valence-electron chi connectivity index (χ4n) is 5.92. The fourth-order valence-corrected chi connectivity index (χ4v) is 6.36. The van der Waals surface area contributed by atoms with Gasteiger partial charge in [0.1, 0.15) is 22.8 Å². The molecule has 0 saturated carbocycles. The Morgan fingerprint density at radius 3 is 2.47 bits per heavy atom. The number of aryl methyl sites for hydroxylation is 2. The highest BCUT2D eigenvalue weighted by atomic mass is 31.2. The van der Waals surface area contributed by atoms with Gasteiger partial charge in [-0.05, 0) is 55.5 Å². The summed E-state index contributed by atoms with van der Waals surface area (Å²) in [5.41, 5.74) is 9.67. The van der Waals surface area contributed by atoms with Gasteiger partial charge in [-0.15, -0.1) is 5.06 Å². The highest BCUT2D eigenvalue weighted by molar-refractivity contribution is 7.46. The molecule has 1 saturated heterocycles. The molecule has 0 unspecified atom stereocenters. The van der Waals surface area contributed by atoms with Crippen LogP contribution in [0.3, 0.4) is 0 Å². The van der Waals surface area contributed by atoms with Crippen LogP contribution in [0.1, 0.15) is 75.2 Å². The van der Waals surface area contributed by atoms with Gasteiger partial charge in [0.05, 0.1) is 24.0 Å². The van der Waals surface area contributed by atoms with E-state index in [2.05, 4.69) is 17.2 Å². The number of fused-ring (bicyclic) bond motifs is 3. The van der Waals surface area contributed by atoms with Gasteiger partial charge >= 0.3 is 13.8 Å². The van der Waals surface area contributed by atoms with Crippen molar-refractivity contribution in [3.63, 3.8) is 0 Å². The van der Waals surface area contributed by atoms with Crippen LogP contribution in [0.15, 0.2) is 36.4 Å². The summed E-state index contributed by atoms with van der Waals surface area (Å²) in [7, 11) is -4.87. The second-order valence-electron chi connectivity index (χ2n) is 12.6. The topological polar surface area (TPSA) is 246 Å². The van der Waals surface area contributed by atoms with E-state index >= 15 is 0 Å². The molecule has 1 aliphatic heterocycles. The number of nitrogen functional groups attached to an aromatic ring is 1. The third-order valence-electron chi connectivity index (χ3n) is 8.49. The van der Waals surface area contributed by atoms with E-state index in [0.29, 0.717) is 72.0 Å². The number of phenolic OH excluding ortho intramolecular Hbond substituents is 1. The number of hydroxylamine groups is 2. The molecule has 3 amide bonds. The van der Waals surface area contributed by atoms with Crippen molar-refractivity contribution in [2.24, 2.45) is 0 Å². The van der Waals surface area contributed by atoms with E-state index < -0.39 is 25.6 Å². The number of imidazole rings is 1. The number of carbonyl (C=O) groups is 4. The van der Waals surface area contributed by atoms with E-state index in [0.717, 1.165) is 30.2 Å². The van der Waals surface area contributed by atoms with E-state index in [4.69, 9.17) is 24.8 Å². The minimum absolute atomic E-state index is 0.000245. The Kier molecular flexibility index (Phi) is 13.0. The standard InChI is InChI=1S/C35H43N6O11P/c1-2-3-7-28-39-33-34(40(28)21-23-20-24(42)9-11-27(23)52-53(47,48)49)25-10-8-22(19-26(25)38-35(33)36)6-4-17-50-18-5-16-37-29(43)12-15-32(46)51-41-30(44)13-14-31(41)45/h8-11,19-20,42H,2-7,12-18,21H2,1H3,(H2,36,38)(H,37,43)(H2,47,48,49). The van der Waals surface area contributed by atoms with E-state index in [9.17, 15) is 38.6 Å². The summed E-state index contributed by atoms with van der Waals surface area (Å²) in [5, 5.41) is 14.2. The number of amides is 3. The zero-order valence-corrected chi connectivity index (χ0v) is 30.2. The molecule has 3 heterocycles. The lowest BCUT2D eigenvalue weighted by atomic mass is 10.1. The van der Waals surface area contributed by atoms with Crippen LogP contribution in [-0.2, 0) is 52.7 Å². The van der Waals surface area contributed by atoms with Crippen molar-refractivity contribution in [2.75, 3.05) is 25.5 Å². The van der Waals surface area contributed by atoms with Gasteiger partial charge in [0.2, 0.25) is 5.91 Å². The molecule has 5 rings (SSSR count). The fraction of sp³-hybridized carbons (Fsp3) is 0.429. The number of anilines is 1. The first kappa shape index (κ1) is 39.1. The third-order valence-corrected chi connectivity index (χ3v) is 8.92. The Morgan fingerprint density at radius 2 is 1.74 bits per heavy atom. The van der Waals surface area contributed by atoms with Crippen LogP contribution in [0.25, 0.3) is 21.9 Å². The molecular weight excluding hydrogens is 711 g/mol. The largest absolute Gasteiger partial charge is 0.524 e. The molecule has 0 atom stereocenters.